The molecule has 1 spiro atoms. The lowest BCUT2D eigenvalue weighted by Crippen LogP contribution is -2.39. The number of para-hydroxylation sites is 1. The summed E-state index contributed by atoms with van der Waals surface area (Å²) in [5.74, 6) is 3.05. The van der Waals surface area contributed by atoms with Gasteiger partial charge in [0.05, 0.1) is 24.4 Å². The number of nitrogens with one attached hydrogen (secondary N) is 4. The average molecular weight is 463 g/mol. The smallest absolute Gasteiger partial charge is 0.235 e. The van der Waals surface area contributed by atoms with Gasteiger partial charge in [0, 0.05) is 23.2 Å². The topological polar surface area (TPSA) is 104 Å². The minimum Gasteiger partial charge on any atom is -0.497 e. The molecule has 5 N–H and O–H groups in total. The molecular formula is C26H30N4O4. The fraction of sp³-hybridized carbons (Fsp3) is 0.500. The molecule has 178 valence electrons. The second kappa shape index (κ2) is 7.34. The Hall–Kier alpha value is -2.81. The second-order valence-corrected chi connectivity index (χ2v) is 10.5. The molecular weight excluding hydrogens is 432 g/mol. The molecule has 2 saturated carbocycles. The van der Waals surface area contributed by atoms with Crippen molar-refractivity contribution >= 4 is 17.3 Å². The third kappa shape index (κ3) is 2.85. The molecule has 0 aromatic heterocycles. The van der Waals surface area contributed by atoms with Crippen molar-refractivity contribution < 1.29 is 19.4 Å². The van der Waals surface area contributed by atoms with E-state index in [9.17, 15) is 9.90 Å². The number of aliphatic hydroxyl groups is 1. The zero-order chi connectivity index (χ0) is 23.0. The summed E-state index contributed by atoms with van der Waals surface area (Å²) >= 11 is 0. The standard InChI is InChI=1S/C26H30N4O4/c1-33-14-6-8-19-17(10-14)26(25(32)28-19)11-18(26)13-5-7-15-21(9-13)29-30-24(15)27-20-4-2-3-16-22(31)12-34-23(16)20/h2-4,6,8,10,13,15,18,21-22,24,27,29-31H,5,7,9,11-12H2,1H3,(H,28,32)/t13?,15?,18-,21?,22-,24?,26-/m0/s1. The predicted octanol–water partition coefficient (Wildman–Crippen LogP) is 2.66. The summed E-state index contributed by atoms with van der Waals surface area (Å²) in [6.45, 7) is 0.309. The van der Waals surface area contributed by atoms with Crippen LogP contribution in [0.5, 0.6) is 11.5 Å². The van der Waals surface area contributed by atoms with E-state index in [1.807, 2.05) is 36.4 Å². The molecule has 8 heteroatoms. The van der Waals surface area contributed by atoms with E-state index in [0.29, 0.717) is 30.4 Å². The highest BCUT2D eigenvalue weighted by Crippen LogP contribution is 2.65. The van der Waals surface area contributed by atoms with Gasteiger partial charge in [-0.1, -0.05) is 12.1 Å². The minimum absolute atomic E-state index is 0.0896. The Labute approximate surface area is 198 Å². The predicted molar refractivity (Wildman–Crippen MR) is 127 cm³/mol. The average Bonchev–Trinajstić information content (AvgIpc) is 3.18. The van der Waals surface area contributed by atoms with Crippen LogP contribution in [0.4, 0.5) is 11.4 Å². The van der Waals surface area contributed by atoms with Gasteiger partial charge in [-0.05, 0) is 67.3 Å². The number of rotatable bonds is 4. The van der Waals surface area contributed by atoms with Crippen molar-refractivity contribution in [3.05, 3.63) is 47.5 Å². The first kappa shape index (κ1) is 20.6. The van der Waals surface area contributed by atoms with Gasteiger partial charge in [0.1, 0.15) is 24.2 Å². The van der Waals surface area contributed by atoms with Crippen molar-refractivity contribution in [2.75, 3.05) is 24.4 Å². The van der Waals surface area contributed by atoms with Crippen LogP contribution in [0, 0.1) is 17.8 Å². The van der Waals surface area contributed by atoms with Gasteiger partial charge >= 0.3 is 0 Å². The molecule has 2 aromatic rings. The molecule has 0 radical (unpaired) electrons. The SMILES string of the molecule is COc1ccc2c(c1)[C@]1(C[C@H]1C1CCC3C(C1)NNC3Nc1cccc3c1OC[C@@H]3O)C(=O)N2. The second-order valence-electron chi connectivity index (χ2n) is 10.5. The van der Waals surface area contributed by atoms with Crippen molar-refractivity contribution in [1.29, 1.82) is 0 Å². The Kier molecular flexibility index (Phi) is 4.44. The molecule has 7 atom stereocenters. The summed E-state index contributed by atoms with van der Waals surface area (Å²) in [6.07, 6.45) is 3.71. The summed E-state index contributed by atoms with van der Waals surface area (Å²) < 4.78 is 11.2. The normalized spacial score (nSPS) is 36.9. The fourth-order valence-electron chi connectivity index (χ4n) is 7.03. The number of amides is 1. The molecule has 34 heavy (non-hydrogen) atoms. The van der Waals surface area contributed by atoms with E-state index in [1.54, 1.807) is 7.11 Å². The zero-order valence-electron chi connectivity index (χ0n) is 19.1. The van der Waals surface area contributed by atoms with Crippen LogP contribution in [-0.2, 0) is 10.2 Å². The minimum atomic E-state index is -0.557. The first-order valence-corrected chi connectivity index (χ1v) is 12.3. The number of carbonyl (C=O) groups is 1. The zero-order valence-corrected chi connectivity index (χ0v) is 19.1. The maximum absolute atomic E-state index is 13.0. The lowest BCUT2D eigenvalue weighted by atomic mass is 9.74. The van der Waals surface area contributed by atoms with E-state index >= 15 is 0 Å². The summed E-state index contributed by atoms with van der Waals surface area (Å²) in [4.78, 5) is 13.0. The van der Waals surface area contributed by atoms with E-state index in [-0.39, 0.29) is 17.5 Å². The van der Waals surface area contributed by atoms with Gasteiger partial charge in [-0.15, -0.1) is 0 Å². The molecule has 8 nitrogen and oxygen atoms in total. The number of fused-ring (bicyclic) bond motifs is 4. The maximum Gasteiger partial charge on any atom is 0.235 e. The molecule has 3 fully saturated rings. The molecule has 1 amide bonds. The largest absolute Gasteiger partial charge is 0.497 e. The lowest BCUT2D eigenvalue weighted by molar-refractivity contribution is -0.118. The van der Waals surface area contributed by atoms with Crippen LogP contribution in [0.25, 0.3) is 0 Å². The molecule has 5 aliphatic rings. The number of aliphatic hydroxyl groups excluding tert-OH is 1. The van der Waals surface area contributed by atoms with Gasteiger partial charge in [0.15, 0.2) is 0 Å². The third-order valence-electron chi connectivity index (χ3n) is 8.84. The van der Waals surface area contributed by atoms with Crippen molar-refractivity contribution in [3.8, 4) is 11.5 Å². The summed E-state index contributed by atoms with van der Waals surface area (Å²) in [7, 11) is 1.67. The Morgan fingerprint density at radius 3 is 3.00 bits per heavy atom. The Morgan fingerprint density at radius 1 is 1.21 bits per heavy atom. The van der Waals surface area contributed by atoms with Gasteiger partial charge in [0.25, 0.3) is 0 Å². The van der Waals surface area contributed by atoms with Gasteiger partial charge in [-0.25, -0.2) is 5.43 Å². The highest BCUT2D eigenvalue weighted by Gasteiger charge is 2.67. The van der Waals surface area contributed by atoms with Crippen molar-refractivity contribution in [2.45, 2.75) is 49.4 Å². The van der Waals surface area contributed by atoms with Crippen molar-refractivity contribution in [2.24, 2.45) is 17.8 Å². The van der Waals surface area contributed by atoms with E-state index in [2.05, 4.69) is 21.5 Å². The van der Waals surface area contributed by atoms with Crippen LogP contribution in [0.1, 0.15) is 42.9 Å². The van der Waals surface area contributed by atoms with Crippen LogP contribution in [-0.4, -0.2) is 36.9 Å². The van der Waals surface area contributed by atoms with E-state index in [1.165, 1.54) is 0 Å². The number of carbonyl (C=O) groups excluding carboxylic acids is 1. The van der Waals surface area contributed by atoms with Crippen LogP contribution in [0.3, 0.4) is 0 Å². The molecule has 2 aromatic carbocycles. The number of methoxy groups -OCH3 is 1. The Bertz CT molecular complexity index is 1170. The molecule has 3 aliphatic heterocycles. The number of hydrogen-bond acceptors (Lipinski definition) is 7. The lowest BCUT2D eigenvalue weighted by Gasteiger charge is -2.34. The highest BCUT2D eigenvalue weighted by atomic mass is 16.5. The summed E-state index contributed by atoms with van der Waals surface area (Å²) in [5, 5.41) is 16.8. The third-order valence-corrected chi connectivity index (χ3v) is 8.84. The number of benzene rings is 2. The quantitative estimate of drug-likeness (QED) is 0.476. The summed E-state index contributed by atoms with van der Waals surface area (Å²) in [6, 6.07) is 12.2. The monoisotopic (exact) mass is 462 g/mol. The number of anilines is 2. The number of ether oxygens (including phenoxy) is 2. The first-order chi connectivity index (χ1) is 16.6. The highest BCUT2D eigenvalue weighted by molar-refractivity contribution is 6.09. The van der Waals surface area contributed by atoms with Gasteiger partial charge < -0.3 is 25.2 Å². The summed E-state index contributed by atoms with van der Waals surface area (Å²) in [5.41, 5.74) is 10.4. The van der Waals surface area contributed by atoms with E-state index < -0.39 is 6.10 Å². The van der Waals surface area contributed by atoms with Gasteiger partial charge in [-0.2, -0.15) is 0 Å². The van der Waals surface area contributed by atoms with Crippen molar-refractivity contribution in [1.82, 2.24) is 10.9 Å². The van der Waals surface area contributed by atoms with Gasteiger partial charge in [0.2, 0.25) is 5.91 Å². The van der Waals surface area contributed by atoms with E-state index in [4.69, 9.17) is 9.47 Å². The Balaban J connectivity index is 1.06. The molecule has 0 bridgehead atoms. The fourth-order valence-corrected chi connectivity index (χ4v) is 7.03. The molecule has 2 aliphatic carbocycles. The first-order valence-electron chi connectivity index (χ1n) is 12.3. The van der Waals surface area contributed by atoms with Crippen LogP contribution in [0.2, 0.25) is 0 Å². The molecule has 3 heterocycles. The van der Waals surface area contributed by atoms with Gasteiger partial charge in [-0.3, -0.25) is 10.2 Å². The Morgan fingerprint density at radius 2 is 2.12 bits per heavy atom. The number of hydrogen-bond donors (Lipinski definition) is 5. The number of hydrazine groups is 1. The maximum atomic E-state index is 13.0. The van der Waals surface area contributed by atoms with Crippen LogP contribution < -0.4 is 31.0 Å². The van der Waals surface area contributed by atoms with Crippen molar-refractivity contribution in [3.63, 3.8) is 0 Å². The molecule has 7 rings (SSSR count). The molecule has 1 saturated heterocycles. The molecule has 4 unspecified atom stereocenters. The van der Waals surface area contributed by atoms with Crippen LogP contribution >= 0.6 is 0 Å². The van der Waals surface area contributed by atoms with Crippen LogP contribution in [0.15, 0.2) is 36.4 Å². The van der Waals surface area contributed by atoms with E-state index in [0.717, 1.165) is 59.7 Å².